The van der Waals surface area contributed by atoms with Gasteiger partial charge in [-0.25, -0.2) is 0 Å². The van der Waals surface area contributed by atoms with Crippen molar-refractivity contribution in [3.05, 3.63) is 29.5 Å². The van der Waals surface area contributed by atoms with Crippen molar-refractivity contribution in [3.63, 3.8) is 0 Å². The molecule has 1 unspecified atom stereocenters. The molecule has 6 heteroatoms. The Balaban J connectivity index is 2.17. The molecule has 3 rings (SSSR count). The lowest BCUT2D eigenvalue weighted by Gasteiger charge is -2.36. The molecule has 1 fully saturated rings. The Morgan fingerprint density at radius 3 is 3.00 bits per heavy atom. The summed E-state index contributed by atoms with van der Waals surface area (Å²) in [7, 11) is 1.79. The fourth-order valence-electron chi connectivity index (χ4n) is 2.85. The van der Waals surface area contributed by atoms with Crippen molar-refractivity contribution in [1.82, 2.24) is 5.32 Å². The maximum Gasteiger partial charge on any atom is 0.211 e. The predicted molar refractivity (Wildman–Crippen MR) is 91.6 cm³/mol. The van der Waals surface area contributed by atoms with Crippen molar-refractivity contribution in [1.29, 1.82) is 0 Å². The molecule has 0 aliphatic carbocycles. The Morgan fingerprint density at radius 1 is 1.45 bits per heavy atom. The number of thioether (sulfide) groups is 1. The van der Waals surface area contributed by atoms with Crippen molar-refractivity contribution >= 4 is 40.0 Å². The van der Waals surface area contributed by atoms with Gasteiger partial charge in [0.25, 0.3) is 0 Å². The molecular formula is C16H19N3O2S. The summed E-state index contributed by atoms with van der Waals surface area (Å²) in [4.78, 5) is 15.1. The van der Waals surface area contributed by atoms with E-state index in [1.54, 1.807) is 18.8 Å². The third kappa shape index (κ3) is 2.59. The monoisotopic (exact) mass is 317 g/mol. The molecule has 0 radical (unpaired) electrons. The third-order valence-corrected chi connectivity index (χ3v) is 4.95. The molecular weight excluding hydrogens is 298 g/mol. The molecule has 5 nitrogen and oxygen atoms in total. The lowest BCUT2D eigenvalue weighted by atomic mass is 9.87. The lowest BCUT2D eigenvalue weighted by Crippen LogP contribution is -2.46. The zero-order valence-corrected chi connectivity index (χ0v) is 13.7. The number of carbonyl (C=O) groups excluding carboxylic acids is 1. The summed E-state index contributed by atoms with van der Waals surface area (Å²) in [6.07, 6.45) is 1.65. The number of amides is 1. The van der Waals surface area contributed by atoms with Crippen LogP contribution in [-0.2, 0) is 10.3 Å². The van der Waals surface area contributed by atoms with Crippen LogP contribution >= 0.6 is 11.8 Å². The van der Waals surface area contributed by atoms with Gasteiger partial charge in [0.2, 0.25) is 6.41 Å². The minimum absolute atomic E-state index is 0.275. The van der Waals surface area contributed by atoms with Crippen LogP contribution in [-0.4, -0.2) is 24.4 Å². The van der Waals surface area contributed by atoms with Crippen molar-refractivity contribution in [3.8, 4) is 0 Å². The summed E-state index contributed by atoms with van der Waals surface area (Å²) < 4.78 is 5.92. The Morgan fingerprint density at radius 2 is 2.27 bits per heavy atom. The normalized spacial score (nSPS) is 23.5. The second-order valence-electron chi connectivity index (χ2n) is 5.65. The van der Waals surface area contributed by atoms with Crippen LogP contribution in [0.2, 0.25) is 0 Å². The van der Waals surface area contributed by atoms with Crippen molar-refractivity contribution in [2.45, 2.75) is 25.8 Å². The van der Waals surface area contributed by atoms with Crippen LogP contribution in [0.5, 0.6) is 0 Å². The van der Waals surface area contributed by atoms with Gasteiger partial charge in [-0.3, -0.25) is 9.79 Å². The molecule has 0 spiro atoms. The van der Waals surface area contributed by atoms with Crippen LogP contribution < -0.4 is 10.6 Å². The number of anilines is 1. The highest BCUT2D eigenvalue weighted by Crippen LogP contribution is 2.38. The second kappa shape index (κ2) is 5.68. The van der Waals surface area contributed by atoms with Gasteiger partial charge in [0.05, 0.1) is 5.54 Å². The molecule has 1 aliphatic rings. The number of aryl methyl sites for hydroxylation is 1. The summed E-state index contributed by atoms with van der Waals surface area (Å²) in [6.45, 7) is 4.08. The van der Waals surface area contributed by atoms with E-state index in [9.17, 15) is 4.79 Å². The number of aliphatic imine (C=N–C) groups is 1. The first-order valence-corrected chi connectivity index (χ1v) is 8.17. The van der Waals surface area contributed by atoms with Crippen LogP contribution in [0.15, 0.2) is 27.6 Å². The van der Waals surface area contributed by atoms with E-state index in [4.69, 9.17) is 4.42 Å². The van der Waals surface area contributed by atoms with E-state index in [-0.39, 0.29) is 5.54 Å². The molecule has 0 saturated carbocycles. The van der Waals surface area contributed by atoms with E-state index in [2.05, 4.69) is 22.5 Å². The van der Waals surface area contributed by atoms with Gasteiger partial charge in [0.15, 0.2) is 5.17 Å². The molecule has 1 saturated heterocycles. The van der Waals surface area contributed by atoms with Gasteiger partial charge in [-0.2, -0.15) is 0 Å². The average Bonchev–Trinajstić information content (AvgIpc) is 2.86. The number of amidine groups is 1. The van der Waals surface area contributed by atoms with E-state index in [0.717, 1.165) is 45.3 Å². The first kappa shape index (κ1) is 15.0. The van der Waals surface area contributed by atoms with Gasteiger partial charge in [-0.1, -0.05) is 11.8 Å². The van der Waals surface area contributed by atoms with Gasteiger partial charge < -0.3 is 15.1 Å². The number of rotatable bonds is 3. The number of fused-ring (bicyclic) bond motifs is 1. The summed E-state index contributed by atoms with van der Waals surface area (Å²) >= 11 is 1.72. The van der Waals surface area contributed by atoms with Crippen LogP contribution in [0.25, 0.3) is 11.0 Å². The van der Waals surface area contributed by atoms with E-state index in [0.29, 0.717) is 6.41 Å². The van der Waals surface area contributed by atoms with Crippen molar-refractivity contribution < 1.29 is 9.21 Å². The molecule has 2 N–H and O–H groups in total. The predicted octanol–water partition coefficient (Wildman–Crippen LogP) is 3.24. The first-order valence-electron chi connectivity index (χ1n) is 7.18. The van der Waals surface area contributed by atoms with E-state index >= 15 is 0 Å². The van der Waals surface area contributed by atoms with E-state index in [1.807, 2.05) is 25.1 Å². The smallest absolute Gasteiger partial charge is 0.211 e. The molecule has 0 bridgehead atoms. The molecule has 1 amide bonds. The number of carbonyl (C=O) groups is 1. The third-order valence-electron chi connectivity index (χ3n) is 3.99. The fourth-order valence-corrected chi connectivity index (χ4v) is 3.98. The van der Waals surface area contributed by atoms with E-state index < -0.39 is 0 Å². The number of hydrogen-bond acceptors (Lipinski definition) is 4. The van der Waals surface area contributed by atoms with Crippen LogP contribution in [0.4, 0.5) is 5.69 Å². The van der Waals surface area contributed by atoms with Gasteiger partial charge in [-0.05, 0) is 38.5 Å². The van der Waals surface area contributed by atoms with Gasteiger partial charge in [-0.15, -0.1) is 0 Å². The average molecular weight is 317 g/mol. The van der Waals surface area contributed by atoms with E-state index in [1.165, 1.54) is 0 Å². The van der Waals surface area contributed by atoms with Crippen LogP contribution in [0.3, 0.4) is 0 Å². The first-order chi connectivity index (χ1) is 10.6. The molecule has 1 atom stereocenters. The number of nitrogens with one attached hydrogen (secondary N) is 2. The molecule has 1 aliphatic heterocycles. The highest BCUT2D eigenvalue weighted by molar-refractivity contribution is 8.13. The molecule has 116 valence electrons. The fraction of sp³-hybridized carbons (Fsp3) is 0.375. The van der Waals surface area contributed by atoms with Crippen molar-refractivity contribution in [2.75, 3.05) is 18.1 Å². The lowest BCUT2D eigenvalue weighted by molar-refractivity contribution is -0.105. The standard InChI is InChI=1S/C16H19N3O2S/c1-10-6-11-7-12(18-9-20)8-13(14(11)21-10)16(2)4-5-22-15(17-3)19-16/h6-9H,4-5H2,1-3H3,(H,17,19)(H,18,20). The Labute approximate surface area is 133 Å². The van der Waals surface area contributed by atoms with Crippen LogP contribution in [0, 0.1) is 6.92 Å². The van der Waals surface area contributed by atoms with Crippen LogP contribution in [0.1, 0.15) is 24.7 Å². The molecule has 2 heterocycles. The van der Waals surface area contributed by atoms with Gasteiger partial charge in [0, 0.05) is 29.4 Å². The maximum absolute atomic E-state index is 10.8. The molecule has 2 aromatic rings. The zero-order valence-electron chi connectivity index (χ0n) is 12.9. The quantitative estimate of drug-likeness (QED) is 0.853. The molecule has 1 aromatic carbocycles. The second-order valence-corrected chi connectivity index (χ2v) is 6.73. The summed E-state index contributed by atoms with van der Waals surface area (Å²) in [5.74, 6) is 1.85. The van der Waals surface area contributed by atoms with Gasteiger partial charge >= 0.3 is 0 Å². The minimum Gasteiger partial charge on any atom is -0.461 e. The van der Waals surface area contributed by atoms with Crippen molar-refractivity contribution in [2.24, 2.45) is 4.99 Å². The summed E-state index contributed by atoms with van der Waals surface area (Å²) in [6, 6.07) is 5.90. The highest BCUT2D eigenvalue weighted by Gasteiger charge is 2.34. The molecule has 1 aromatic heterocycles. The Kier molecular flexibility index (Phi) is 3.87. The van der Waals surface area contributed by atoms with Gasteiger partial charge in [0.1, 0.15) is 11.3 Å². The Hall–Kier alpha value is -1.95. The highest BCUT2D eigenvalue weighted by atomic mass is 32.2. The number of nitrogens with zero attached hydrogens (tertiary/aromatic N) is 1. The largest absolute Gasteiger partial charge is 0.461 e. The Bertz CT molecular complexity index is 753. The topological polar surface area (TPSA) is 66.6 Å². The maximum atomic E-state index is 10.8. The number of benzene rings is 1. The number of hydrogen-bond donors (Lipinski definition) is 2. The SMILES string of the molecule is CN=C1NC(C)(c2cc(NC=O)cc3cc(C)oc23)CCS1. The number of furan rings is 1. The summed E-state index contributed by atoms with van der Waals surface area (Å²) in [5, 5.41) is 8.17. The summed E-state index contributed by atoms with van der Waals surface area (Å²) in [5.41, 5.74) is 2.41. The minimum atomic E-state index is -0.275. The zero-order chi connectivity index (χ0) is 15.7. The molecule has 22 heavy (non-hydrogen) atoms.